The highest BCUT2D eigenvalue weighted by atomic mass is 79.9. The Balaban J connectivity index is 2.52. The molecule has 0 atom stereocenters. The molecule has 0 unspecified atom stereocenters. The summed E-state index contributed by atoms with van der Waals surface area (Å²) in [4.78, 5) is 7.99. The van der Waals surface area contributed by atoms with E-state index in [2.05, 4.69) is 51.5 Å². The van der Waals surface area contributed by atoms with E-state index in [0.717, 1.165) is 8.95 Å². The summed E-state index contributed by atoms with van der Waals surface area (Å²) in [7, 11) is 0. The second-order valence-corrected chi connectivity index (χ2v) is 4.21. The zero-order valence-corrected chi connectivity index (χ0v) is 9.91. The van der Waals surface area contributed by atoms with Gasteiger partial charge in [-0.15, -0.1) is 0 Å². The van der Waals surface area contributed by atoms with E-state index in [9.17, 15) is 0 Å². The highest BCUT2D eigenvalue weighted by molar-refractivity contribution is 9.11. The standard InChI is InChI=1S/C7H4Br2N4O/c8-3-1-4(9)5(11-2-3)6-12-7(10)14-13-6/h1-2H,(H2,10,12,13). The molecule has 0 radical (unpaired) electrons. The number of aromatic nitrogens is 3. The van der Waals surface area contributed by atoms with Crippen molar-refractivity contribution in [2.75, 3.05) is 5.73 Å². The van der Waals surface area contributed by atoms with Crippen molar-refractivity contribution in [3.63, 3.8) is 0 Å². The first-order chi connectivity index (χ1) is 6.66. The third-order valence-electron chi connectivity index (χ3n) is 1.46. The number of pyridine rings is 1. The van der Waals surface area contributed by atoms with Crippen molar-refractivity contribution in [3.8, 4) is 11.5 Å². The van der Waals surface area contributed by atoms with Gasteiger partial charge < -0.3 is 10.3 Å². The number of hydrogen-bond donors (Lipinski definition) is 1. The van der Waals surface area contributed by atoms with Gasteiger partial charge in [0, 0.05) is 15.1 Å². The Kier molecular flexibility index (Phi) is 2.51. The number of halogens is 2. The molecule has 0 saturated carbocycles. The summed E-state index contributed by atoms with van der Waals surface area (Å²) in [6, 6.07) is 1.87. The van der Waals surface area contributed by atoms with Gasteiger partial charge in [-0.05, 0) is 37.9 Å². The smallest absolute Gasteiger partial charge is 0.319 e. The molecule has 0 aliphatic rings. The van der Waals surface area contributed by atoms with Crippen molar-refractivity contribution in [2.24, 2.45) is 0 Å². The van der Waals surface area contributed by atoms with Gasteiger partial charge in [-0.3, -0.25) is 4.98 Å². The monoisotopic (exact) mass is 318 g/mol. The lowest BCUT2D eigenvalue weighted by atomic mass is 10.3. The Morgan fingerprint density at radius 2 is 2.14 bits per heavy atom. The topological polar surface area (TPSA) is 77.8 Å². The highest BCUT2D eigenvalue weighted by Crippen LogP contribution is 2.26. The van der Waals surface area contributed by atoms with Crippen molar-refractivity contribution in [1.82, 2.24) is 15.1 Å². The summed E-state index contributed by atoms with van der Waals surface area (Å²) >= 11 is 6.63. The second-order valence-electron chi connectivity index (χ2n) is 2.44. The van der Waals surface area contributed by atoms with Crippen molar-refractivity contribution < 1.29 is 4.52 Å². The van der Waals surface area contributed by atoms with Gasteiger partial charge in [0.2, 0.25) is 5.82 Å². The zero-order chi connectivity index (χ0) is 10.1. The molecule has 0 spiro atoms. The van der Waals surface area contributed by atoms with Gasteiger partial charge in [0.15, 0.2) is 0 Å². The van der Waals surface area contributed by atoms with Crippen LogP contribution in [-0.4, -0.2) is 15.1 Å². The molecule has 2 N–H and O–H groups in total. The van der Waals surface area contributed by atoms with Crippen LogP contribution in [0.25, 0.3) is 11.5 Å². The van der Waals surface area contributed by atoms with Crippen molar-refractivity contribution in [3.05, 3.63) is 21.2 Å². The summed E-state index contributed by atoms with van der Waals surface area (Å²) in [5.74, 6) is 0.363. The Morgan fingerprint density at radius 3 is 2.71 bits per heavy atom. The van der Waals surface area contributed by atoms with Crippen LogP contribution in [0.2, 0.25) is 0 Å². The molecule has 0 aliphatic heterocycles. The van der Waals surface area contributed by atoms with Gasteiger partial charge in [0.25, 0.3) is 0 Å². The lowest BCUT2D eigenvalue weighted by Gasteiger charge is -1.97. The Morgan fingerprint density at radius 1 is 1.36 bits per heavy atom. The molecular weight excluding hydrogens is 316 g/mol. The first kappa shape index (κ1) is 9.60. The molecule has 0 amide bonds. The molecule has 0 aromatic carbocycles. The normalized spacial score (nSPS) is 10.4. The SMILES string of the molecule is Nc1nc(-c2ncc(Br)cc2Br)no1. The van der Waals surface area contributed by atoms with Crippen LogP contribution in [0.3, 0.4) is 0 Å². The van der Waals surface area contributed by atoms with E-state index in [1.54, 1.807) is 6.20 Å². The molecule has 0 bridgehead atoms. The molecule has 2 heterocycles. The van der Waals surface area contributed by atoms with E-state index in [1.807, 2.05) is 6.07 Å². The largest absolute Gasteiger partial charge is 0.351 e. The molecule has 14 heavy (non-hydrogen) atoms. The fraction of sp³-hybridized carbons (Fsp3) is 0. The maximum Gasteiger partial charge on any atom is 0.319 e. The average Bonchev–Trinajstić information content (AvgIpc) is 2.51. The summed E-state index contributed by atoms with van der Waals surface area (Å²) < 4.78 is 6.28. The summed E-state index contributed by atoms with van der Waals surface area (Å²) in [6.07, 6.45) is 1.65. The molecule has 2 rings (SSSR count). The maximum absolute atomic E-state index is 5.30. The van der Waals surface area contributed by atoms with Gasteiger partial charge in [-0.25, -0.2) is 0 Å². The van der Waals surface area contributed by atoms with Crippen LogP contribution >= 0.6 is 31.9 Å². The minimum atomic E-state index is 0.0246. The van der Waals surface area contributed by atoms with Gasteiger partial charge >= 0.3 is 6.01 Å². The van der Waals surface area contributed by atoms with Crippen molar-refractivity contribution in [1.29, 1.82) is 0 Å². The molecule has 2 aromatic rings. The Bertz CT molecular complexity index is 470. The minimum absolute atomic E-state index is 0.0246. The van der Waals surface area contributed by atoms with Crippen LogP contribution < -0.4 is 5.73 Å². The molecule has 72 valence electrons. The van der Waals surface area contributed by atoms with Crippen LogP contribution in [0.4, 0.5) is 6.01 Å². The van der Waals surface area contributed by atoms with E-state index in [-0.39, 0.29) is 6.01 Å². The van der Waals surface area contributed by atoms with E-state index >= 15 is 0 Å². The minimum Gasteiger partial charge on any atom is -0.351 e. The van der Waals surface area contributed by atoms with Crippen LogP contribution in [-0.2, 0) is 0 Å². The van der Waals surface area contributed by atoms with Crippen molar-refractivity contribution in [2.45, 2.75) is 0 Å². The van der Waals surface area contributed by atoms with E-state index in [1.165, 1.54) is 0 Å². The van der Waals surface area contributed by atoms with E-state index < -0.39 is 0 Å². The summed E-state index contributed by atoms with van der Waals surface area (Å²) in [5, 5.41) is 3.66. The van der Waals surface area contributed by atoms with Gasteiger partial charge in [-0.1, -0.05) is 5.16 Å². The first-order valence-corrected chi connectivity index (χ1v) is 5.16. The van der Waals surface area contributed by atoms with Crippen LogP contribution in [0.5, 0.6) is 0 Å². The Hall–Kier alpha value is -0.950. The van der Waals surface area contributed by atoms with Gasteiger partial charge in [0.05, 0.1) is 0 Å². The number of hydrogen-bond acceptors (Lipinski definition) is 5. The fourth-order valence-corrected chi connectivity index (χ4v) is 2.08. The quantitative estimate of drug-likeness (QED) is 0.872. The molecule has 0 aliphatic carbocycles. The third-order valence-corrected chi connectivity index (χ3v) is 2.50. The molecule has 0 saturated heterocycles. The molecule has 7 heteroatoms. The highest BCUT2D eigenvalue weighted by Gasteiger charge is 2.11. The van der Waals surface area contributed by atoms with Gasteiger partial charge in [0.1, 0.15) is 5.69 Å². The predicted octanol–water partition coefficient (Wildman–Crippen LogP) is 2.24. The third kappa shape index (κ3) is 1.78. The number of nitrogens with two attached hydrogens (primary N) is 1. The first-order valence-electron chi connectivity index (χ1n) is 3.57. The zero-order valence-electron chi connectivity index (χ0n) is 6.74. The molecule has 0 fully saturated rings. The van der Waals surface area contributed by atoms with E-state index in [4.69, 9.17) is 5.73 Å². The number of nitrogens with zero attached hydrogens (tertiary/aromatic N) is 3. The lowest BCUT2D eigenvalue weighted by molar-refractivity contribution is 0.436. The lowest BCUT2D eigenvalue weighted by Crippen LogP contribution is -1.88. The number of rotatable bonds is 1. The fourth-order valence-electron chi connectivity index (χ4n) is 0.910. The maximum atomic E-state index is 5.30. The predicted molar refractivity (Wildman–Crippen MR) is 57.3 cm³/mol. The second kappa shape index (κ2) is 3.66. The van der Waals surface area contributed by atoms with Crippen LogP contribution in [0.1, 0.15) is 0 Å². The van der Waals surface area contributed by atoms with Crippen LogP contribution in [0, 0.1) is 0 Å². The summed E-state index contributed by atoms with van der Waals surface area (Å²) in [6.45, 7) is 0. The summed E-state index contributed by atoms with van der Waals surface area (Å²) in [5.41, 5.74) is 5.89. The molecular formula is C7H4Br2N4O. The van der Waals surface area contributed by atoms with Crippen LogP contribution in [0.15, 0.2) is 25.7 Å². The Labute approximate surface area is 96.0 Å². The average molecular weight is 320 g/mol. The number of nitrogen functional groups attached to an aromatic ring is 1. The van der Waals surface area contributed by atoms with E-state index in [0.29, 0.717) is 11.5 Å². The molecule has 2 aromatic heterocycles. The van der Waals surface area contributed by atoms with Gasteiger partial charge in [-0.2, -0.15) is 4.98 Å². The number of anilines is 1. The molecule has 5 nitrogen and oxygen atoms in total. The van der Waals surface area contributed by atoms with Crippen molar-refractivity contribution >= 4 is 37.9 Å².